The van der Waals surface area contributed by atoms with Crippen molar-refractivity contribution in [2.24, 2.45) is 11.8 Å². The molecule has 0 saturated heterocycles. The lowest BCUT2D eigenvalue weighted by molar-refractivity contribution is -0.143. The Morgan fingerprint density at radius 1 is 1.07 bits per heavy atom. The first-order chi connectivity index (χ1) is 14.0. The standard InChI is InChI=1S/C22H21NO6/c1-28-21(26)17-10-16(17)19(20(24)25)23-22(27)29-11-18-14-8-4-2-6-12(14)13-7-3-5-9-15(13)18/h2-9,16-19H,10-11H2,1H3,(H,23,27)(H,24,25)/t16-,17-,19?/m1/s1. The zero-order valence-electron chi connectivity index (χ0n) is 15.8. The van der Waals surface area contributed by atoms with Crippen LogP contribution in [-0.4, -0.2) is 42.9 Å². The highest BCUT2D eigenvalue weighted by Crippen LogP contribution is 2.45. The van der Waals surface area contributed by atoms with Crippen LogP contribution in [0.4, 0.5) is 4.79 Å². The van der Waals surface area contributed by atoms with Crippen LogP contribution in [0.1, 0.15) is 23.5 Å². The first-order valence-electron chi connectivity index (χ1n) is 9.43. The van der Waals surface area contributed by atoms with Crippen molar-refractivity contribution in [1.82, 2.24) is 5.32 Å². The quantitative estimate of drug-likeness (QED) is 0.730. The number of methoxy groups -OCH3 is 1. The molecule has 1 unspecified atom stereocenters. The Kier molecular flexibility index (Phi) is 4.96. The zero-order valence-corrected chi connectivity index (χ0v) is 15.8. The number of carboxylic acid groups (broad SMARTS) is 1. The van der Waals surface area contributed by atoms with Crippen LogP contribution in [0.3, 0.4) is 0 Å². The fraction of sp³-hybridized carbons (Fsp3) is 0.318. The van der Waals surface area contributed by atoms with Gasteiger partial charge in [0.1, 0.15) is 12.6 Å². The maximum Gasteiger partial charge on any atom is 0.407 e. The second-order valence-corrected chi connectivity index (χ2v) is 7.32. The normalized spacial score (nSPS) is 20.2. The van der Waals surface area contributed by atoms with Crippen molar-refractivity contribution in [3.05, 3.63) is 59.7 Å². The van der Waals surface area contributed by atoms with E-state index in [-0.39, 0.29) is 12.5 Å². The van der Waals surface area contributed by atoms with Gasteiger partial charge < -0.3 is 19.9 Å². The van der Waals surface area contributed by atoms with E-state index in [1.807, 2.05) is 48.5 Å². The molecule has 7 heteroatoms. The van der Waals surface area contributed by atoms with Crippen LogP contribution in [0.2, 0.25) is 0 Å². The van der Waals surface area contributed by atoms with E-state index in [2.05, 4.69) is 10.1 Å². The fourth-order valence-electron chi connectivity index (χ4n) is 4.12. The van der Waals surface area contributed by atoms with Gasteiger partial charge in [0.2, 0.25) is 0 Å². The van der Waals surface area contributed by atoms with Crippen LogP contribution in [0.15, 0.2) is 48.5 Å². The number of carbonyl (C=O) groups is 3. The van der Waals surface area contributed by atoms with Gasteiger partial charge in [0.15, 0.2) is 0 Å². The lowest BCUT2D eigenvalue weighted by atomic mass is 9.98. The highest BCUT2D eigenvalue weighted by molar-refractivity contribution is 5.84. The molecular weight excluding hydrogens is 374 g/mol. The molecule has 7 nitrogen and oxygen atoms in total. The third-order valence-corrected chi connectivity index (χ3v) is 5.65. The molecule has 0 aliphatic heterocycles. The van der Waals surface area contributed by atoms with E-state index in [0.29, 0.717) is 6.42 Å². The Morgan fingerprint density at radius 2 is 1.66 bits per heavy atom. The summed E-state index contributed by atoms with van der Waals surface area (Å²) in [5.41, 5.74) is 4.37. The van der Waals surface area contributed by atoms with Crippen molar-refractivity contribution in [3.63, 3.8) is 0 Å². The molecule has 1 saturated carbocycles. The summed E-state index contributed by atoms with van der Waals surface area (Å²) >= 11 is 0. The number of aliphatic carboxylic acids is 1. The number of carboxylic acids is 1. The average Bonchev–Trinajstić information content (AvgIpc) is 3.46. The van der Waals surface area contributed by atoms with Crippen molar-refractivity contribution in [2.75, 3.05) is 13.7 Å². The van der Waals surface area contributed by atoms with Crippen LogP contribution < -0.4 is 5.32 Å². The molecule has 150 valence electrons. The number of hydrogen-bond donors (Lipinski definition) is 2. The van der Waals surface area contributed by atoms with Gasteiger partial charge in [-0.2, -0.15) is 0 Å². The third-order valence-electron chi connectivity index (χ3n) is 5.65. The summed E-state index contributed by atoms with van der Waals surface area (Å²) in [7, 11) is 1.26. The van der Waals surface area contributed by atoms with E-state index < -0.39 is 35.9 Å². The number of amides is 1. The van der Waals surface area contributed by atoms with Gasteiger partial charge in [-0.3, -0.25) is 4.79 Å². The Bertz CT molecular complexity index is 926. The Labute approximate surface area is 167 Å². The van der Waals surface area contributed by atoms with Gasteiger partial charge in [-0.15, -0.1) is 0 Å². The minimum atomic E-state index is -1.20. The number of esters is 1. The van der Waals surface area contributed by atoms with Crippen LogP contribution in [0, 0.1) is 11.8 Å². The smallest absolute Gasteiger partial charge is 0.407 e. The van der Waals surface area contributed by atoms with E-state index in [1.54, 1.807) is 0 Å². The molecule has 1 fully saturated rings. The van der Waals surface area contributed by atoms with E-state index >= 15 is 0 Å². The van der Waals surface area contributed by atoms with Crippen molar-refractivity contribution in [2.45, 2.75) is 18.4 Å². The number of benzene rings is 2. The second-order valence-electron chi connectivity index (χ2n) is 7.32. The van der Waals surface area contributed by atoms with E-state index in [4.69, 9.17) is 4.74 Å². The molecule has 29 heavy (non-hydrogen) atoms. The number of ether oxygens (including phenoxy) is 2. The Balaban J connectivity index is 1.42. The van der Waals surface area contributed by atoms with Gasteiger partial charge in [0.05, 0.1) is 13.0 Å². The monoisotopic (exact) mass is 395 g/mol. The number of alkyl carbamates (subject to hydrolysis) is 1. The largest absolute Gasteiger partial charge is 0.480 e. The van der Waals surface area contributed by atoms with Gasteiger partial charge in [-0.25, -0.2) is 9.59 Å². The topological polar surface area (TPSA) is 102 Å². The van der Waals surface area contributed by atoms with Gasteiger partial charge in [0, 0.05) is 11.8 Å². The molecule has 2 aromatic carbocycles. The van der Waals surface area contributed by atoms with Gasteiger partial charge in [0.25, 0.3) is 0 Å². The van der Waals surface area contributed by atoms with E-state index in [9.17, 15) is 19.5 Å². The number of hydrogen-bond acceptors (Lipinski definition) is 5. The molecule has 2 aliphatic rings. The number of nitrogens with one attached hydrogen (secondary N) is 1. The van der Waals surface area contributed by atoms with E-state index in [1.165, 1.54) is 7.11 Å². The maximum absolute atomic E-state index is 12.3. The van der Waals surface area contributed by atoms with E-state index in [0.717, 1.165) is 22.3 Å². The minimum absolute atomic E-state index is 0.0945. The SMILES string of the molecule is COC(=O)[C@@H]1C[C@H]1C(NC(=O)OCC1c2ccccc2-c2ccccc21)C(=O)O. The summed E-state index contributed by atoms with van der Waals surface area (Å²) in [4.78, 5) is 35.4. The Hall–Kier alpha value is -3.35. The highest BCUT2D eigenvalue weighted by Gasteiger charge is 2.52. The number of fused-ring (bicyclic) bond motifs is 3. The maximum atomic E-state index is 12.3. The summed E-state index contributed by atoms with van der Waals surface area (Å²) in [5.74, 6) is -2.76. The van der Waals surface area contributed by atoms with Gasteiger partial charge in [-0.05, 0) is 28.7 Å². The summed E-state index contributed by atoms with van der Waals surface area (Å²) in [6, 6.07) is 14.7. The number of carbonyl (C=O) groups excluding carboxylic acids is 2. The van der Waals surface area contributed by atoms with Crippen LogP contribution >= 0.6 is 0 Å². The molecule has 2 aliphatic carbocycles. The van der Waals surface area contributed by atoms with Crippen molar-refractivity contribution in [3.8, 4) is 11.1 Å². The highest BCUT2D eigenvalue weighted by atomic mass is 16.5. The van der Waals surface area contributed by atoms with Crippen LogP contribution in [0.25, 0.3) is 11.1 Å². The molecule has 3 atom stereocenters. The zero-order chi connectivity index (χ0) is 20.5. The van der Waals surface area contributed by atoms with Gasteiger partial charge in [-0.1, -0.05) is 48.5 Å². The predicted molar refractivity (Wildman–Crippen MR) is 103 cm³/mol. The minimum Gasteiger partial charge on any atom is -0.480 e. The summed E-state index contributed by atoms with van der Waals surface area (Å²) in [6.07, 6.45) is -0.442. The molecule has 2 aromatic rings. The molecular formula is C22H21NO6. The molecule has 0 aromatic heterocycles. The predicted octanol–water partition coefficient (Wildman–Crippen LogP) is 2.79. The summed E-state index contributed by atoms with van der Waals surface area (Å²) in [6.45, 7) is 0.0945. The van der Waals surface area contributed by atoms with Crippen LogP contribution in [0.5, 0.6) is 0 Å². The first-order valence-corrected chi connectivity index (χ1v) is 9.43. The molecule has 1 amide bonds. The second kappa shape index (κ2) is 7.58. The average molecular weight is 395 g/mol. The van der Waals surface area contributed by atoms with Crippen molar-refractivity contribution >= 4 is 18.0 Å². The Morgan fingerprint density at radius 3 is 2.21 bits per heavy atom. The first kappa shape index (κ1) is 19.0. The molecule has 4 rings (SSSR count). The molecule has 0 bridgehead atoms. The lowest BCUT2D eigenvalue weighted by Crippen LogP contribution is -2.43. The van der Waals surface area contributed by atoms with Gasteiger partial charge >= 0.3 is 18.0 Å². The lowest BCUT2D eigenvalue weighted by Gasteiger charge is -2.17. The van der Waals surface area contributed by atoms with Crippen molar-refractivity contribution in [1.29, 1.82) is 0 Å². The summed E-state index contributed by atoms with van der Waals surface area (Å²) in [5, 5.41) is 11.8. The molecule has 0 heterocycles. The third kappa shape index (κ3) is 3.55. The van der Waals surface area contributed by atoms with Crippen LogP contribution in [-0.2, 0) is 19.1 Å². The fourth-order valence-corrected chi connectivity index (χ4v) is 4.12. The summed E-state index contributed by atoms with van der Waals surface area (Å²) < 4.78 is 10.0. The number of rotatable bonds is 6. The van der Waals surface area contributed by atoms with Crippen molar-refractivity contribution < 1.29 is 29.0 Å². The molecule has 0 spiro atoms. The molecule has 0 radical (unpaired) electrons. The molecule has 2 N–H and O–H groups in total.